The minimum absolute atomic E-state index is 0.0733. The highest BCUT2D eigenvalue weighted by molar-refractivity contribution is 7.93. The zero-order valence-electron chi connectivity index (χ0n) is 17.0. The molecule has 1 saturated heterocycles. The quantitative estimate of drug-likeness (QED) is 0.699. The van der Waals surface area contributed by atoms with Gasteiger partial charge in [-0.15, -0.1) is 0 Å². The maximum atomic E-state index is 13.0. The van der Waals surface area contributed by atoms with Crippen molar-refractivity contribution in [3.8, 4) is 0 Å². The van der Waals surface area contributed by atoms with E-state index in [0.29, 0.717) is 29.8 Å². The van der Waals surface area contributed by atoms with Crippen LogP contribution in [0.4, 0.5) is 11.4 Å². The second-order valence-electron chi connectivity index (χ2n) is 7.18. The number of nitrogens with zero attached hydrogens (tertiary/aromatic N) is 1. The average Bonchev–Trinajstić information content (AvgIpc) is 2.66. The van der Waals surface area contributed by atoms with Gasteiger partial charge < -0.3 is 4.74 Å². The van der Waals surface area contributed by atoms with Gasteiger partial charge in [0, 0.05) is 12.2 Å². The zero-order valence-corrected chi connectivity index (χ0v) is 18.6. The van der Waals surface area contributed by atoms with Crippen LogP contribution in [0.2, 0.25) is 0 Å². The van der Waals surface area contributed by atoms with Crippen LogP contribution in [0.15, 0.2) is 41.3 Å². The molecule has 10 heteroatoms. The predicted molar refractivity (Wildman–Crippen MR) is 115 cm³/mol. The average molecular weight is 453 g/mol. The number of esters is 1. The summed E-state index contributed by atoms with van der Waals surface area (Å²) in [5.74, 6) is -0.487. The summed E-state index contributed by atoms with van der Waals surface area (Å²) in [6.45, 7) is 3.64. The number of nitrogens with one attached hydrogen (secondary N) is 1. The van der Waals surface area contributed by atoms with Gasteiger partial charge in [0.05, 0.1) is 29.0 Å². The molecular formula is C20H24N2O6S2. The van der Waals surface area contributed by atoms with Crippen molar-refractivity contribution in [2.24, 2.45) is 0 Å². The maximum absolute atomic E-state index is 13.0. The highest BCUT2D eigenvalue weighted by Crippen LogP contribution is 2.31. The summed E-state index contributed by atoms with van der Waals surface area (Å²) in [6, 6.07) is 9.15. The number of hydrogen-bond acceptors (Lipinski definition) is 6. The number of benzene rings is 2. The third-order valence-corrected chi connectivity index (χ3v) is 8.44. The molecule has 1 fully saturated rings. The van der Waals surface area contributed by atoms with E-state index in [9.17, 15) is 21.6 Å². The molecular weight excluding hydrogens is 428 g/mol. The van der Waals surface area contributed by atoms with Crippen LogP contribution in [0.3, 0.4) is 0 Å². The largest absolute Gasteiger partial charge is 0.465 e. The molecule has 30 heavy (non-hydrogen) atoms. The molecule has 162 valence electrons. The Morgan fingerprint density at radius 2 is 1.77 bits per heavy atom. The molecule has 3 rings (SSSR count). The molecule has 0 radical (unpaired) electrons. The molecule has 0 bridgehead atoms. The van der Waals surface area contributed by atoms with E-state index < -0.39 is 26.0 Å². The molecule has 2 aromatic rings. The minimum atomic E-state index is -3.97. The molecule has 0 aromatic heterocycles. The van der Waals surface area contributed by atoms with Crippen molar-refractivity contribution < 1.29 is 26.4 Å². The van der Waals surface area contributed by atoms with E-state index in [1.54, 1.807) is 32.0 Å². The summed E-state index contributed by atoms with van der Waals surface area (Å²) in [5, 5.41) is 0. The molecule has 0 atom stereocenters. The lowest BCUT2D eigenvalue weighted by Gasteiger charge is -2.29. The Kier molecular flexibility index (Phi) is 6.09. The number of carbonyl (C=O) groups excluding carboxylic acids is 1. The smallest absolute Gasteiger partial charge is 0.337 e. The first-order valence-corrected chi connectivity index (χ1v) is 12.5. The van der Waals surface area contributed by atoms with Crippen molar-refractivity contribution in [2.75, 3.05) is 28.4 Å². The Bertz CT molecular complexity index is 1170. The van der Waals surface area contributed by atoms with Crippen molar-refractivity contribution >= 4 is 37.4 Å². The second kappa shape index (κ2) is 8.27. The van der Waals surface area contributed by atoms with Crippen LogP contribution in [0.1, 0.15) is 34.3 Å². The Balaban J connectivity index is 1.96. The van der Waals surface area contributed by atoms with Crippen molar-refractivity contribution in [1.82, 2.24) is 0 Å². The van der Waals surface area contributed by atoms with E-state index in [0.717, 1.165) is 6.42 Å². The molecule has 1 aliphatic heterocycles. The van der Waals surface area contributed by atoms with Crippen LogP contribution in [0.5, 0.6) is 0 Å². The number of carbonyl (C=O) groups is 1. The summed E-state index contributed by atoms with van der Waals surface area (Å²) in [5.41, 5.74) is 1.78. The summed E-state index contributed by atoms with van der Waals surface area (Å²) < 4.78 is 59.4. The zero-order chi connectivity index (χ0) is 22.1. The number of ether oxygens (including phenoxy) is 1. The maximum Gasteiger partial charge on any atom is 0.337 e. The van der Waals surface area contributed by atoms with Gasteiger partial charge in [-0.2, -0.15) is 0 Å². The highest BCUT2D eigenvalue weighted by Gasteiger charge is 2.28. The van der Waals surface area contributed by atoms with Crippen molar-refractivity contribution in [2.45, 2.75) is 31.6 Å². The van der Waals surface area contributed by atoms with E-state index >= 15 is 0 Å². The third-order valence-electron chi connectivity index (χ3n) is 4.89. The predicted octanol–water partition coefficient (Wildman–Crippen LogP) is 2.82. The molecule has 0 saturated carbocycles. The van der Waals surface area contributed by atoms with E-state index in [4.69, 9.17) is 0 Å². The van der Waals surface area contributed by atoms with E-state index in [-0.39, 0.29) is 21.9 Å². The van der Waals surface area contributed by atoms with Crippen molar-refractivity contribution in [3.05, 3.63) is 53.1 Å². The van der Waals surface area contributed by atoms with Gasteiger partial charge in [0.1, 0.15) is 0 Å². The fourth-order valence-electron chi connectivity index (χ4n) is 3.61. The van der Waals surface area contributed by atoms with Gasteiger partial charge >= 0.3 is 5.97 Å². The number of hydrogen-bond donors (Lipinski definition) is 1. The van der Waals surface area contributed by atoms with Crippen LogP contribution in [-0.4, -0.2) is 42.2 Å². The normalized spacial score (nSPS) is 16.2. The van der Waals surface area contributed by atoms with Crippen LogP contribution < -0.4 is 9.03 Å². The highest BCUT2D eigenvalue weighted by atomic mass is 32.2. The number of sulfonamides is 2. The van der Waals surface area contributed by atoms with Gasteiger partial charge in [-0.1, -0.05) is 6.07 Å². The molecule has 0 spiro atoms. The van der Waals surface area contributed by atoms with E-state index in [1.807, 2.05) is 0 Å². The van der Waals surface area contributed by atoms with Crippen molar-refractivity contribution in [1.29, 1.82) is 0 Å². The molecule has 1 heterocycles. The molecule has 1 N–H and O–H groups in total. The van der Waals surface area contributed by atoms with E-state index in [1.165, 1.54) is 29.6 Å². The molecule has 0 amide bonds. The number of rotatable bonds is 5. The fraction of sp³-hybridized carbons (Fsp3) is 0.350. The lowest BCUT2D eigenvalue weighted by Crippen LogP contribution is -2.38. The molecule has 1 aliphatic rings. The topological polar surface area (TPSA) is 110 Å². The van der Waals surface area contributed by atoms with Gasteiger partial charge in [-0.05, 0) is 68.1 Å². The SMILES string of the molecule is COC(=O)c1cccc(NS(=O)(=O)c2c(C)cc(N3CCCCS3(=O)=O)cc2C)c1. The Morgan fingerprint density at radius 1 is 1.10 bits per heavy atom. The van der Waals surface area contributed by atoms with Crippen LogP contribution in [0, 0.1) is 13.8 Å². The number of methoxy groups -OCH3 is 1. The molecule has 0 unspecified atom stereocenters. The monoisotopic (exact) mass is 452 g/mol. The minimum Gasteiger partial charge on any atom is -0.465 e. The molecule has 0 aliphatic carbocycles. The Labute approximate surface area is 177 Å². The summed E-state index contributed by atoms with van der Waals surface area (Å²) in [4.78, 5) is 11.8. The molecule has 2 aromatic carbocycles. The van der Waals surface area contributed by atoms with Crippen LogP contribution in [-0.2, 0) is 24.8 Å². The first-order valence-electron chi connectivity index (χ1n) is 9.38. The number of anilines is 2. The Hall–Kier alpha value is -2.59. The first kappa shape index (κ1) is 22.1. The van der Waals surface area contributed by atoms with E-state index in [2.05, 4.69) is 9.46 Å². The Morgan fingerprint density at radius 3 is 2.37 bits per heavy atom. The number of aryl methyl sites for hydroxylation is 2. The lowest BCUT2D eigenvalue weighted by molar-refractivity contribution is 0.0600. The summed E-state index contributed by atoms with van der Waals surface area (Å²) in [7, 11) is -6.12. The summed E-state index contributed by atoms with van der Waals surface area (Å²) >= 11 is 0. The van der Waals surface area contributed by atoms with Gasteiger partial charge in [-0.25, -0.2) is 21.6 Å². The summed E-state index contributed by atoms with van der Waals surface area (Å²) in [6.07, 6.45) is 1.38. The standard InChI is InChI=1S/C20H24N2O6S2/c1-14-11-18(22-9-4-5-10-29(22,24)25)12-15(2)19(14)30(26,27)21-17-8-6-7-16(13-17)20(23)28-3/h6-8,11-13,21H,4-5,9-10H2,1-3H3. The second-order valence-corrected chi connectivity index (χ2v) is 10.8. The van der Waals surface area contributed by atoms with Crippen LogP contribution in [0.25, 0.3) is 0 Å². The third kappa shape index (κ3) is 4.44. The van der Waals surface area contributed by atoms with Gasteiger partial charge in [0.2, 0.25) is 10.0 Å². The van der Waals surface area contributed by atoms with Gasteiger partial charge in [0.15, 0.2) is 0 Å². The lowest BCUT2D eigenvalue weighted by atomic mass is 10.1. The van der Waals surface area contributed by atoms with Gasteiger partial charge in [0.25, 0.3) is 10.0 Å². The molecule has 8 nitrogen and oxygen atoms in total. The van der Waals surface area contributed by atoms with Gasteiger partial charge in [-0.3, -0.25) is 9.03 Å². The van der Waals surface area contributed by atoms with Crippen molar-refractivity contribution in [3.63, 3.8) is 0 Å². The fourth-order valence-corrected chi connectivity index (χ4v) is 6.74. The van der Waals surface area contributed by atoms with Crippen LogP contribution >= 0.6 is 0 Å². The first-order chi connectivity index (χ1) is 14.0.